The molecule has 1 heteroatoms. The third kappa shape index (κ3) is 4.80. The second-order valence-corrected chi connectivity index (χ2v) is 3.42. The first-order valence-corrected chi connectivity index (χ1v) is 5.11. The standard InChI is InChI=1S/C13H21N/c1-6-13(7-2)12(5)9-11(4)10-14-8-3/h6,8-10,13H,1,7H2,2-5H3/b11-10-,12-9-,14-8?. The topological polar surface area (TPSA) is 12.4 Å². The van der Waals surface area contributed by atoms with Gasteiger partial charge in [-0.25, -0.2) is 0 Å². The summed E-state index contributed by atoms with van der Waals surface area (Å²) in [6, 6.07) is 0. The zero-order chi connectivity index (χ0) is 11.0. The fraction of sp³-hybridized carbons (Fsp3) is 0.462. The van der Waals surface area contributed by atoms with Crippen LogP contribution in [0.3, 0.4) is 0 Å². The van der Waals surface area contributed by atoms with Crippen molar-refractivity contribution < 1.29 is 0 Å². The number of nitrogens with zero attached hydrogens (tertiary/aromatic N) is 1. The molecule has 0 heterocycles. The third-order valence-corrected chi connectivity index (χ3v) is 2.19. The summed E-state index contributed by atoms with van der Waals surface area (Å²) < 4.78 is 0. The second-order valence-electron chi connectivity index (χ2n) is 3.42. The first-order chi connectivity index (χ1) is 6.65. The Kier molecular flexibility index (Phi) is 6.73. The Balaban J connectivity index is 4.56. The predicted octanol–water partition coefficient (Wildman–Crippen LogP) is 4.14. The van der Waals surface area contributed by atoms with Crippen molar-refractivity contribution >= 4 is 6.21 Å². The predicted molar refractivity (Wildman–Crippen MR) is 65.7 cm³/mol. The molecule has 0 spiro atoms. The lowest BCUT2D eigenvalue weighted by atomic mass is 9.96. The van der Waals surface area contributed by atoms with E-state index in [4.69, 9.17) is 0 Å². The average Bonchev–Trinajstić information content (AvgIpc) is 2.16. The molecule has 0 rings (SSSR count). The normalized spacial score (nSPS) is 16.0. The van der Waals surface area contributed by atoms with Crippen molar-refractivity contribution in [2.75, 3.05) is 0 Å². The van der Waals surface area contributed by atoms with Crippen molar-refractivity contribution in [1.29, 1.82) is 0 Å². The quantitative estimate of drug-likeness (QED) is 0.352. The molecule has 0 aromatic carbocycles. The fourth-order valence-electron chi connectivity index (χ4n) is 1.37. The van der Waals surface area contributed by atoms with Crippen LogP contribution in [0.5, 0.6) is 0 Å². The molecule has 1 unspecified atom stereocenters. The SMILES string of the molecule is C=CC(CC)/C(C)=C\C(C)=C/N=CC. The van der Waals surface area contributed by atoms with Gasteiger partial charge >= 0.3 is 0 Å². The van der Waals surface area contributed by atoms with Crippen LogP contribution in [-0.4, -0.2) is 6.21 Å². The van der Waals surface area contributed by atoms with Gasteiger partial charge in [-0.2, -0.15) is 0 Å². The van der Waals surface area contributed by atoms with Crippen molar-refractivity contribution in [3.8, 4) is 0 Å². The van der Waals surface area contributed by atoms with Gasteiger partial charge in [0.05, 0.1) is 0 Å². The third-order valence-electron chi connectivity index (χ3n) is 2.19. The highest BCUT2D eigenvalue weighted by Gasteiger charge is 2.02. The van der Waals surface area contributed by atoms with E-state index < -0.39 is 0 Å². The van der Waals surface area contributed by atoms with Crippen LogP contribution in [0.2, 0.25) is 0 Å². The molecule has 0 aliphatic heterocycles. The lowest BCUT2D eigenvalue weighted by Gasteiger charge is -2.09. The van der Waals surface area contributed by atoms with Crippen LogP contribution in [0.1, 0.15) is 34.1 Å². The zero-order valence-electron chi connectivity index (χ0n) is 9.75. The summed E-state index contributed by atoms with van der Waals surface area (Å²) in [7, 11) is 0. The molecule has 0 N–H and O–H groups in total. The summed E-state index contributed by atoms with van der Waals surface area (Å²) in [5, 5.41) is 0. The largest absolute Gasteiger partial charge is 0.269 e. The molecule has 0 aliphatic carbocycles. The Bertz CT molecular complexity index is 256. The molecule has 78 valence electrons. The fourth-order valence-corrected chi connectivity index (χ4v) is 1.37. The minimum Gasteiger partial charge on any atom is -0.269 e. The molecule has 0 bridgehead atoms. The first kappa shape index (κ1) is 12.9. The van der Waals surface area contributed by atoms with Crippen molar-refractivity contribution in [2.45, 2.75) is 34.1 Å². The van der Waals surface area contributed by atoms with E-state index >= 15 is 0 Å². The molecule has 0 aromatic rings. The Morgan fingerprint density at radius 3 is 2.50 bits per heavy atom. The summed E-state index contributed by atoms with van der Waals surface area (Å²) in [6.07, 6.45) is 8.94. The van der Waals surface area contributed by atoms with Crippen LogP contribution < -0.4 is 0 Å². The van der Waals surface area contributed by atoms with Crippen molar-refractivity contribution in [1.82, 2.24) is 0 Å². The summed E-state index contributed by atoms with van der Waals surface area (Å²) in [4.78, 5) is 4.08. The lowest BCUT2D eigenvalue weighted by molar-refractivity contribution is 0.728. The maximum atomic E-state index is 4.08. The van der Waals surface area contributed by atoms with Gasteiger partial charge in [-0.3, -0.25) is 4.99 Å². The molecule has 0 fully saturated rings. The summed E-state index contributed by atoms with van der Waals surface area (Å²) in [5.74, 6) is 0.490. The van der Waals surface area contributed by atoms with E-state index in [0.717, 1.165) is 6.42 Å². The maximum absolute atomic E-state index is 4.08. The van der Waals surface area contributed by atoms with Gasteiger partial charge in [0.2, 0.25) is 0 Å². The van der Waals surface area contributed by atoms with Gasteiger partial charge in [0, 0.05) is 12.4 Å². The maximum Gasteiger partial charge on any atom is 0.0292 e. The van der Waals surface area contributed by atoms with Gasteiger partial charge in [0.1, 0.15) is 0 Å². The van der Waals surface area contributed by atoms with Gasteiger partial charge in [-0.15, -0.1) is 6.58 Å². The molecule has 1 atom stereocenters. The molecule has 0 aliphatic rings. The molecule has 0 saturated carbocycles. The van der Waals surface area contributed by atoms with Crippen molar-refractivity contribution in [3.05, 3.63) is 36.1 Å². The van der Waals surface area contributed by atoms with Crippen LogP contribution in [0.25, 0.3) is 0 Å². The zero-order valence-corrected chi connectivity index (χ0v) is 9.75. The summed E-state index contributed by atoms with van der Waals surface area (Å²) in [6.45, 7) is 12.1. The molecule has 0 saturated heterocycles. The van der Waals surface area contributed by atoms with E-state index in [1.54, 1.807) is 6.21 Å². The van der Waals surface area contributed by atoms with E-state index in [9.17, 15) is 0 Å². The Labute approximate surface area is 87.9 Å². The van der Waals surface area contributed by atoms with Crippen LogP contribution >= 0.6 is 0 Å². The van der Waals surface area contributed by atoms with E-state index in [0.29, 0.717) is 5.92 Å². The number of hydrogen-bond acceptors (Lipinski definition) is 1. The summed E-state index contributed by atoms with van der Waals surface area (Å²) >= 11 is 0. The molecule has 1 nitrogen and oxygen atoms in total. The van der Waals surface area contributed by atoms with E-state index in [2.05, 4.69) is 38.4 Å². The van der Waals surface area contributed by atoms with Crippen LogP contribution in [0.4, 0.5) is 0 Å². The van der Waals surface area contributed by atoms with E-state index in [1.807, 2.05) is 19.2 Å². The molecule has 0 radical (unpaired) electrons. The highest BCUT2D eigenvalue weighted by atomic mass is 14.7. The van der Waals surface area contributed by atoms with Gasteiger partial charge < -0.3 is 0 Å². The van der Waals surface area contributed by atoms with Gasteiger partial charge in [0.15, 0.2) is 0 Å². The minimum absolute atomic E-state index is 0.490. The van der Waals surface area contributed by atoms with E-state index in [-0.39, 0.29) is 0 Å². The Morgan fingerprint density at radius 1 is 1.43 bits per heavy atom. The average molecular weight is 191 g/mol. The Morgan fingerprint density at radius 2 is 2.07 bits per heavy atom. The molecular formula is C13H21N. The number of allylic oxidation sites excluding steroid dienone is 4. The molecule has 0 aromatic heterocycles. The van der Waals surface area contributed by atoms with Crippen molar-refractivity contribution in [3.63, 3.8) is 0 Å². The minimum atomic E-state index is 0.490. The highest BCUT2D eigenvalue weighted by molar-refractivity contribution is 5.54. The number of hydrogen-bond donors (Lipinski definition) is 0. The Hall–Kier alpha value is -1.11. The molecule has 0 amide bonds. The monoisotopic (exact) mass is 191 g/mol. The van der Waals surface area contributed by atoms with Crippen LogP contribution in [0, 0.1) is 5.92 Å². The molecular weight excluding hydrogens is 170 g/mol. The lowest BCUT2D eigenvalue weighted by Crippen LogP contribution is -1.95. The number of aliphatic imine (C=N–C) groups is 1. The highest BCUT2D eigenvalue weighted by Crippen LogP contribution is 2.17. The smallest absolute Gasteiger partial charge is 0.0292 e. The van der Waals surface area contributed by atoms with Crippen molar-refractivity contribution in [2.24, 2.45) is 10.9 Å². The van der Waals surface area contributed by atoms with Crippen LogP contribution in [-0.2, 0) is 0 Å². The molecule has 14 heavy (non-hydrogen) atoms. The number of rotatable bonds is 5. The first-order valence-electron chi connectivity index (χ1n) is 5.11. The van der Waals surface area contributed by atoms with Gasteiger partial charge in [-0.1, -0.05) is 24.6 Å². The van der Waals surface area contributed by atoms with Gasteiger partial charge in [-0.05, 0) is 38.7 Å². The van der Waals surface area contributed by atoms with Gasteiger partial charge in [0.25, 0.3) is 0 Å². The second kappa shape index (κ2) is 7.31. The van der Waals surface area contributed by atoms with Crippen LogP contribution in [0.15, 0.2) is 41.1 Å². The van der Waals surface area contributed by atoms with E-state index in [1.165, 1.54) is 11.1 Å². The summed E-state index contributed by atoms with van der Waals surface area (Å²) in [5.41, 5.74) is 2.53.